The molecule has 0 atom stereocenters. The summed E-state index contributed by atoms with van der Waals surface area (Å²) in [7, 11) is 3.41. The highest BCUT2D eigenvalue weighted by atomic mass is 79.9. The fourth-order valence-corrected chi connectivity index (χ4v) is 2.85. The van der Waals surface area contributed by atoms with E-state index in [2.05, 4.69) is 21.2 Å². The lowest BCUT2D eigenvalue weighted by Crippen LogP contribution is -2.26. The first-order valence-corrected chi connectivity index (χ1v) is 8.58. The summed E-state index contributed by atoms with van der Waals surface area (Å²) >= 11 is 3.44. The molecule has 24 heavy (non-hydrogen) atoms. The lowest BCUT2D eigenvalue weighted by molar-refractivity contribution is -0.130. The van der Waals surface area contributed by atoms with Crippen LogP contribution in [0.4, 0.5) is 0 Å². The molecule has 0 spiro atoms. The van der Waals surface area contributed by atoms with Crippen molar-refractivity contribution in [3.05, 3.63) is 69.7 Å². The minimum Gasteiger partial charge on any atom is -0.355 e. The Morgan fingerprint density at radius 3 is 2.42 bits per heavy atom. The maximum Gasteiger partial charge on any atom is 0.251 e. The van der Waals surface area contributed by atoms with Gasteiger partial charge in [-0.05, 0) is 41.8 Å². The van der Waals surface area contributed by atoms with Crippen molar-refractivity contribution in [2.75, 3.05) is 14.1 Å². The van der Waals surface area contributed by atoms with Crippen LogP contribution in [0.25, 0.3) is 0 Å². The molecule has 126 valence electrons. The van der Waals surface area contributed by atoms with Crippen LogP contribution in [-0.4, -0.2) is 30.8 Å². The predicted octanol–water partition coefficient (Wildman–Crippen LogP) is 3.40. The molecule has 2 amide bonds. The van der Waals surface area contributed by atoms with E-state index in [0.29, 0.717) is 18.5 Å². The number of hydrogen-bond acceptors (Lipinski definition) is 2. The van der Waals surface area contributed by atoms with Gasteiger partial charge in [0.2, 0.25) is 5.91 Å². The van der Waals surface area contributed by atoms with E-state index < -0.39 is 0 Å². The zero-order chi connectivity index (χ0) is 17.5. The van der Waals surface area contributed by atoms with Crippen LogP contribution in [0.3, 0.4) is 0 Å². The van der Waals surface area contributed by atoms with Gasteiger partial charge in [-0.3, -0.25) is 9.59 Å². The van der Waals surface area contributed by atoms with Crippen molar-refractivity contribution in [1.29, 1.82) is 0 Å². The zero-order valence-electron chi connectivity index (χ0n) is 13.9. The van der Waals surface area contributed by atoms with Crippen LogP contribution in [0, 0.1) is 0 Å². The summed E-state index contributed by atoms with van der Waals surface area (Å²) in [5.41, 5.74) is 2.76. The van der Waals surface area contributed by atoms with Crippen molar-refractivity contribution in [2.24, 2.45) is 0 Å². The molecule has 4 nitrogen and oxygen atoms in total. The summed E-state index contributed by atoms with van der Waals surface area (Å²) in [6.07, 6.45) is 1.20. The highest BCUT2D eigenvalue weighted by Crippen LogP contribution is 2.14. The molecule has 0 heterocycles. The van der Waals surface area contributed by atoms with E-state index in [4.69, 9.17) is 0 Å². The largest absolute Gasteiger partial charge is 0.355 e. The van der Waals surface area contributed by atoms with Gasteiger partial charge in [0.25, 0.3) is 5.91 Å². The lowest BCUT2D eigenvalue weighted by atomic mass is 10.1. The maximum atomic E-state index is 12.3. The average molecular weight is 389 g/mol. The number of nitrogens with zero attached hydrogens (tertiary/aromatic N) is 1. The molecule has 2 aromatic rings. The second-order valence-corrected chi connectivity index (χ2v) is 6.57. The molecule has 2 rings (SSSR count). The number of aryl methyl sites for hydroxylation is 1. The second kappa shape index (κ2) is 8.64. The van der Waals surface area contributed by atoms with Gasteiger partial charge in [-0.2, -0.15) is 0 Å². The third kappa shape index (κ3) is 5.20. The minimum atomic E-state index is -0.111. The lowest BCUT2D eigenvalue weighted by Gasteiger charge is -2.17. The molecule has 2 aromatic carbocycles. The zero-order valence-corrected chi connectivity index (χ0v) is 15.5. The van der Waals surface area contributed by atoms with Crippen molar-refractivity contribution in [3.8, 4) is 0 Å². The summed E-state index contributed by atoms with van der Waals surface area (Å²) in [5, 5.41) is 2.59. The molecular weight excluding hydrogens is 368 g/mol. The third-order valence-electron chi connectivity index (χ3n) is 3.81. The molecule has 1 N–H and O–H groups in total. The SMILES string of the molecule is CNC(=O)c1ccc(CN(C)C(=O)CCc2cccc(Br)c2)cc1. The number of amides is 2. The Hall–Kier alpha value is -2.14. The van der Waals surface area contributed by atoms with Crippen LogP contribution in [0.5, 0.6) is 0 Å². The molecule has 0 saturated carbocycles. The summed E-state index contributed by atoms with van der Waals surface area (Å²) < 4.78 is 1.03. The summed E-state index contributed by atoms with van der Waals surface area (Å²) in [6.45, 7) is 0.533. The standard InChI is InChI=1S/C19H21BrN2O2/c1-21-19(24)16-9-6-15(7-10-16)13-22(2)18(23)11-8-14-4-3-5-17(20)12-14/h3-7,9-10,12H,8,11,13H2,1-2H3,(H,21,24). The quantitative estimate of drug-likeness (QED) is 0.824. The topological polar surface area (TPSA) is 49.4 Å². The third-order valence-corrected chi connectivity index (χ3v) is 4.30. The first-order valence-electron chi connectivity index (χ1n) is 7.79. The van der Waals surface area contributed by atoms with Gasteiger partial charge in [-0.1, -0.05) is 40.2 Å². The minimum absolute atomic E-state index is 0.102. The van der Waals surface area contributed by atoms with Gasteiger partial charge in [-0.15, -0.1) is 0 Å². The number of benzene rings is 2. The molecule has 0 aliphatic rings. The Morgan fingerprint density at radius 1 is 1.08 bits per heavy atom. The Morgan fingerprint density at radius 2 is 1.79 bits per heavy atom. The Balaban J connectivity index is 1.88. The van der Waals surface area contributed by atoms with Crippen molar-refractivity contribution in [1.82, 2.24) is 10.2 Å². The van der Waals surface area contributed by atoms with Crippen LogP contribution in [0.1, 0.15) is 27.9 Å². The van der Waals surface area contributed by atoms with E-state index in [9.17, 15) is 9.59 Å². The van der Waals surface area contributed by atoms with Gasteiger partial charge in [-0.25, -0.2) is 0 Å². The fraction of sp³-hybridized carbons (Fsp3) is 0.263. The molecular formula is C19H21BrN2O2. The number of hydrogen-bond donors (Lipinski definition) is 1. The number of halogens is 1. The van der Waals surface area contributed by atoms with Gasteiger partial charge >= 0.3 is 0 Å². The van der Waals surface area contributed by atoms with Crippen LogP contribution in [0.15, 0.2) is 53.0 Å². The van der Waals surface area contributed by atoms with E-state index in [-0.39, 0.29) is 11.8 Å². The van der Waals surface area contributed by atoms with Gasteiger partial charge in [0, 0.05) is 37.1 Å². The molecule has 0 aliphatic heterocycles. The van der Waals surface area contributed by atoms with E-state index in [0.717, 1.165) is 22.0 Å². The highest BCUT2D eigenvalue weighted by Gasteiger charge is 2.10. The van der Waals surface area contributed by atoms with E-state index in [1.54, 1.807) is 31.1 Å². The predicted molar refractivity (Wildman–Crippen MR) is 98.8 cm³/mol. The summed E-state index contributed by atoms with van der Waals surface area (Å²) in [4.78, 5) is 25.5. The molecule has 0 fully saturated rings. The summed E-state index contributed by atoms with van der Waals surface area (Å²) in [5.74, 6) is -0.00893. The first kappa shape index (κ1) is 18.2. The monoisotopic (exact) mass is 388 g/mol. The van der Waals surface area contributed by atoms with Crippen LogP contribution >= 0.6 is 15.9 Å². The normalized spacial score (nSPS) is 10.3. The van der Waals surface area contributed by atoms with Gasteiger partial charge in [0.1, 0.15) is 0 Å². The van der Waals surface area contributed by atoms with E-state index >= 15 is 0 Å². The molecule has 5 heteroatoms. The van der Waals surface area contributed by atoms with Crippen LogP contribution in [0.2, 0.25) is 0 Å². The van der Waals surface area contributed by atoms with Gasteiger partial charge < -0.3 is 10.2 Å². The molecule has 0 aromatic heterocycles. The van der Waals surface area contributed by atoms with E-state index in [1.165, 1.54) is 0 Å². The number of carbonyl (C=O) groups excluding carboxylic acids is 2. The van der Waals surface area contributed by atoms with Crippen molar-refractivity contribution in [3.63, 3.8) is 0 Å². The van der Waals surface area contributed by atoms with Crippen LogP contribution < -0.4 is 5.32 Å². The van der Waals surface area contributed by atoms with Crippen molar-refractivity contribution < 1.29 is 9.59 Å². The highest BCUT2D eigenvalue weighted by molar-refractivity contribution is 9.10. The molecule has 0 aliphatic carbocycles. The smallest absolute Gasteiger partial charge is 0.251 e. The Bertz CT molecular complexity index is 714. The summed E-state index contributed by atoms with van der Waals surface area (Å²) in [6, 6.07) is 15.3. The van der Waals surface area contributed by atoms with Gasteiger partial charge in [0.05, 0.1) is 0 Å². The van der Waals surface area contributed by atoms with Crippen LogP contribution in [-0.2, 0) is 17.8 Å². The second-order valence-electron chi connectivity index (χ2n) is 5.66. The number of nitrogens with one attached hydrogen (secondary N) is 1. The molecule has 0 bridgehead atoms. The fourth-order valence-electron chi connectivity index (χ4n) is 2.40. The Labute approximate surface area is 151 Å². The van der Waals surface area contributed by atoms with Gasteiger partial charge in [0.15, 0.2) is 0 Å². The number of rotatable bonds is 6. The number of carbonyl (C=O) groups is 2. The average Bonchev–Trinajstić information content (AvgIpc) is 2.59. The van der Waals surface area contributed by atoms with Crippen molar-refractivity contribution >= 4 is 27.7 Å². The molecule has 0 radical (unpaired) electrons. The molecule has 0 unspecified atom stereocenters. The molecule has 0 saturated heterocycles. The maximum absolute atomic E-state index is 12.3. The first-order chi connectivity index (χ1) is 11.5. The van der Waals surface area contributed by atoms with E-state index in [1.807, 2.05) is 36.4 Å². The Kier molecular flexibility index (Phi) is 6.55. The van der Waals surface area contributed by atoms with Crippen molar-refractivity contribution in [2.45, 2.75) is 19.4 Å².